The highest BCUT2D eigenvalue weighted by atomic mass is 16.6. The Morgan fingerprint density at radius 3 is 2.69 bits per heavy atom. The predicted molar refractivity (Wildman–Crippen MR) is 91.4 cm³/mol. The van der Waals surface area contributed by atoms with Gasteiger partial charge in [0, 0.05) is 17.2 Å². The molecule has 2 aromatic carbocycles. The fraction of sp³-hybridized carbons (Fsp3) is 0.167. The number of rotatable bonds is 5. The number of aryl methyl sites for hydroxylation is 1. The van der Waals surface area contributed by atoms with E-state index in [1.807, 2.05) is 31.2 Å². The number of nitro groups is 1. The normalized spacial score (nSPS) is 10.5. The number of benzene rings is 2. The van der Waals surface area contributed by atoms with E-state index in [4.69, 9.17) is 9.26 Å². The van der Waals surface area contributed by atoms with Crippen LogP contribution >= 0.6 is 0 Å². The summed E-state index contributed by atoms with van der Waals surface area (Å²) in [5.41, 5.74) is 2.04. The van der Waals surface area contributed by atoms with E-state index >= 15 is 0 Å². The quantitative estimate of drug-likeness (QED) is 0.391. The van der Waals surface area contributed by atoms with Crippen molar-refractivity contribution >= 4 is 11.7 Å². The molecule has 8 heteroatoms. The van der Waals surface area contributed by atoms with Crippen LogP contribution in [0.1, 0.15) is 27.4 Å². The van der Waals surface area contributed by atoms with Gasteiger partial charge in [-0.1, -0.05) is 35.5 Å². The maximum absolute atomic E-state index is 12.2. The van der Waals surface area contributed by atoms with Crippen LogP contribution in [0, 0.1) is 24.0 Å². The van der Waals surface area contributed by atoms with E-state index in [0.717, 1.165) is 11.1 Å². The van der Waals surface area contributed by atoms with Crippen LogP contribution in [0.5, 0.6) is 0 Å². The number of esters is 1. The highest BCUT2D eigenvalue weighted by molar-refractivity contribution is 5.92. The van der Waals surface area contributed by atoms with Crippen molar-refractivity contribution in [1.29, 1.82) is 0 Å². The Morgan fingerprint density at radius 2 is 1.96 bits per heavy atom. The van der Waals surface area contributed by atoms with E-state index in [1.54, 1.807) is 0 Å². The van der Waals surface area contributed by atoms with Crippen LogP contribution in [0.4, 0.5) is 5.69 Å². The molecule has 3 aromatic rings. The Bertz CT molecular complexity index is 980. The Hall–Kier alpha value is -3.55. The largest absolute Gasteiger partial charge is 0.452 e. The van der Waals surface area contributed by atoms with E-state index in [1.165, 1.54) is 25.1 Å². The van der Waals surface area contributed by atoms with Gasteiger partial charge in [0.25, 0.3) is 11.6 Å². The Balaban J connectivity index is 1.72. The smallest absolute Gasteiger partial charge is 0.339 e. The molecule has 0 saturated heterocycles. The molecule has 1 heterocycles. The van der Waals surface area contributed by atoms with E-state index in [9.17, 15) is 14.9 Å². The summed E-state index contributed by atoms with van der Waals surface area (Å²) in [5, 5.41) is 14.8. The van der Waals surface area contributed by atoms with Crippen molar-refractivity contribution in [2.45, 2.75) is 20.5 Å². The molecule has 0 fully saturated rings. The van der Waals surface area contributed by atoms with Crippen LogP contribution in [0.3, 0.4) is 0 Å². The first-order valence-corrected chi connectivity index (χ1v) is 7.77. The third kappa shape index (κ3) is 3.44. The molecule has 0 aliphatic heterocycles. The number of nitro benzene ring substituents is 1. The van der Waals surface area contributed by atoms with Gasteiger partial charge in [-0.3, -0.25) is 10.1 Å². The third-order valence-corrected chi connectivity index (χ3v) is 3.90. The lowest BCUT2D eigenvalue weighted by molar-refractivity contribution is -0.385. The summed E-state index contributed by atoms with van der Waals surface area (Å²) in [6.07, 6.45) is 0. The van der Waals surface area contributed by atoms with Crippen LogP contribution in [-0.2, 0) is 11.3 Å². The maximum Gasteiger partial charge on any atom is 0.339 e. The number of ether oxygens (including phenoxy) is 1. The second-order valence-corrected chi connectivity index (χ2v) is 5.61. The maximum atomic E-state index is 12.2. The van der Waals surface area contributed by atoms with Gasteiger partial charge >= 0.3 is 5.97 Å². The Labute approximate surface area is 148 Å². The van der Waals surface area contributed by atoms with Gasteiger partial charge in [-0.05, 0) is 25.5 Å². The molecule has 0 saturated carbocycles. The first-order valence-electron chi connectivity index (χ1n) is 7.77. The molecule has 0 unspecified atom stereocenters. The third-order valence-electron chi connectivity index (χ3n) is 3.90. The lowest BCUT2D eigenvalue weighted by Crippen LogP contribution is -2.08. The molecular formula is C18H15N3O5. The van der Waals surface area contributed by atoms with Gasteiger partial charge in [0.2, 0.25) is 5.82 Å². The number of nitrogens with zero attached hydrogens (tertiary/aromatic N) is 3. The van der Waals surface area contributed by atoms with Crippen molar-refractivity contribution in [3.8, 4) is 11.4 Å². The Morgan fingerprint density at radius 1 is 1.19 bits per heavy atom. The van der Waals surface area contributed by atoms with Crippen molar-refractivity contribution in [2.24, 2.45) is 0 Å². The van der Waals surface area contributed by atoms with Gasteiger partial charge in [0.05, 0.1) is 10.5 Å². The molecular weight excluding hydrogens is 338 g/mol. The fourth-order valence-electron chi connectivity index (χ4n) is 2.49. The fourth-order valence-corrected chi connectivity index (χ4v) is 2.49. The lowest BCUT2D eigenvalue weighted by atomic mass is 10.1. The number of carbonyl (C=O) groups excluding carboxylic acids is 1. The van der Waals surface area contributed by atoms with Crippen LogP contribution in [0.2, 0.25) is 0 Å². The van der Waals surface area contributed by atoms with Gasteiger partial charge < -0.3 is 9.26 Å². The monoisotopic (exact) mass is 353 g/mol. The minimum Gasteiger partial charge on any atom is -0.452 e. The van der Waals surface area contributed by atoms with Gasteiger partial charge in [0.1, 0.15) is 0 Å². The molecule has 0 aliphatic rings. The molecule has 0 aliphatic carbocycles. The molecule has 0 radical (unpaired) electrons. The van der Waals surface area contributed by atoms with Crippen LogP contribution in [0.15, 0.2) is 47.0 Å². The number of hydrogen-bond donors (Lipinski definition) is 0. The minimum absolute atomic E-state index is 0.123. The summed E-state index contributed by atoms with van der Waals surface area (Å²) in [6, 6.07) is 11.8. The summed E-state index contributed by atoms with van der Waals surface area (Å²) in [5.74, 6) is -0.151. The van der Waals surface area contributed by atoms with Gasteiger partial charge in [-0.25, -0.2) is 4.79 Å². The molecule has 0 amide bonds. The summed E-state index contributed by atoms with van der Waals surface area (Å²) in [7, 11) is 0. The van der Waals surface area contributed by atoms with Crippen LogP contribution in [0.25, 0.3) is 11.4 Å². The van der Waals surface area contributed by atoms with Gasteiger partial charge in [-0.15, -0.1) is 0 Å². The number of carbonyl (C=O) groups is 1. The van der Waals surface area contributed by atoms with Gasteiger partial charge in [0.15, 0.2) is 6.61 Å². The van der Waals surface area contributed by atoms with Crippen molar-refractivity contribution < 1.29 is 19.0 Å². The summed E-state index contributed by atoms with van der Waals surface area (Å²) >= 11 is 0. The number of hydrogen-bond acceptors (Lipinski definition) is 7. The zero-order chi connectivity index (χ0) is 18.7. The predicted octanol–water partition coefficient (Wildman–Crippen LogP) is 3.62. The number of aromatic nitrogens is 2. The van der Waals surface area contributed by atoms with Crippen molar-refractivity contribution in [3.63, 3.8) is 0 Å². The molecule has 132 valence electrons. The SMILES string of the molecule is Cc1ccccc1-c1noc(COC(=O)c2cccc([N+](=O)[O-])c2C)n1. The second kappa shape index (κ2) is 7.14. The zero-order valence-corrected chi connectivity index (χ0v) is 14.1. The van der Waals surface area contributed by atoms with Crippen molar-refractivity contribution in [1.82, 2.24) is 10.1 Å². The molecule has 0 N–H and O–H groups in total. The second-order valence-electron chi connectivity index (χ2n) is 5.61. The molecule has 1 aromatic heterocycles. The zero-order valence-electron chi connectivity index (χ0n) is 14.1. The van der Waals surface area contributed by atoms with Gasteiger partial charge in [-0.2, -0.15) is 4.98 Å². The molecule has 0 bridgehead atoms. The van der Waals surface area contributed by atoms with Crippen molar-refractivity contribution in [3.05, 3.63) is 75.2 Å². The Kier molecular flexibility index (Phi) is 4.74. The van der Waals surface area contributed by atoms with Crippen LogP contribution < -0.4 is 0 Å². The highest BCUT2D eigenvalue weighted by Gasteiger charge is 2.20. The topological polar surface area (TPSA) is 108 Å². The van der Waals surface area contributed by atoms with Crippen LogP contribution in [-0.4, -0.2) is 21.0 Å². The average Bonchev–Trinajstić information content (AvgIpc) is 3.08. The van der Waals surface area contributed by atoms with E-state index in [0.29, 0.717) is 5.82 Å². The first-order chi connectivity index (χ1) is 12.5. The van der Waals surface area contributed by atoms with E-state index < -0.39 is 10.9 Å². The minimum atomic E-state index is -0.693. The van der Waals surface area contributed by atoms with Crippen molar-refractivity contribution in [2.75, 3.05) is 0 Å². The standard InChI is InChI=1S/C18H15N3O5/c1-11-6-3-4-7-13(11)17-19-16(26-20-17)10-25-18(22)14-8-5-9-15(12(14)2)21(23)24/h3-9H,10H2,1-2H3. The summed E-state index contributed by atoms with van der Waals surface area (Å²) in [6.45, 7) is 3.20. The molecule has 0 spiro atoms. The lowest BCUT2D eigenvalue weighted by Gasteiger charge is -2.05. The molecule has 8 nitrogen and oxygen atoms in total. The van der Waals surface area contributed by atoms with E-state index in [-0.39, 0.29) is 29.3 Å². The van der Waals surface area contributed by atoms with E-state index in [2.05, 4.69) is 10.1 Å². The first kappa shape index (κ1) is 17.3. The highest BCUT2D eigenvalue weighted by Crippen LogP contribution is 2.23. The summed E-state index contributed by atoms with van der Waals surface area (Å²) < 4.78 is 10.3. The average molecular weight is 353 g/mol. The molecule has 26 heavy (non-hydrogen) atoms. The summed E-state index contributed by atoms with van der Waals surface area (Å²) in [4.78, 5) is 26.8. The molecule has 3 rings (SSSR count). The molecule has 0 atom stereocenters.